The van der Waals surface area contributed by atoms with Gasteiger partial charge >= 0.3 is 6.18 Å². The first-order chi connectivity index (χ1) is 11.2. The minimum absolute atomic E-state index is 0.0352. The molecular formula is C16H11Cl3F3NO. The number of hydrogen-bond donors (Lipinski definition) is 0. The highest BCUT2D eigenvalue weighted by Crippen LogP contribution is 2.33. The van der Waals surface area contributed by atoms with Crippen molar-refractivity contribution in [2.75, 3.05) is 0 Å². The molecule has 128 valence electrons. The van der Waals surface area contributed by atoms with Crippen LogP contribution in [0.3, 0.4) is 0 Å². The van der Waals surface area contributed by atoms with Gasteiger partial charge in [-0.05, 0) is 37.3 Å². The number of oxime groups is 1. The largest absolute Gasteiger partial charge is 0.417 e. The molecule has 0 saturated carbocycles. The van der Waals surface area contributed by atoms with Gasteiger partial charge in [0.1, 0.15) is 6.61 Å². The summed E-state index contributed by atoms with van der Waals surface area (Å²) >= 11 is 17.8. The molecule has 2 aromatic rings. The van der Waals surface area contributed by atoms with Crippen LogP contribution in [0.5, 0.6) is 0 Å². The van der Waals surface area contributed by atoms with E-state index >= 15 is 0 Å². The third-order valence-corrected chi connectivity index (χ3v) is 4.09. The Morgan fingerprint density at radius 2 is 1.71 bits per heavy atom. The van der Waals surface area contributed by atoms with Crippen molar-refractivity contribution >= 4 is 40.5 Å². The van der Waals surface area contributed by atoms with Gasteiger partial charge in [0.2, 0.25) is 0 Å². The Kier molecular flexibility index (Phi) is 6.01. The van der Waals surface area contributed by atoms with E-state index in [9.17, 15) is 13.2 Å². The van der Waals surface area contributed by atoms with Crippen molar-refractivity contribution in [3.8, 4) is 0 Å². The molecule has 0 spiro atoms. The molecule has 0 bridgehead atoms. The van der Waals surface area contributed by atoms with Crippen LogP contribution in [-0.2, 0) is 17.6 Å². The fourth-order valence-electron chi connectivity index (χ4n) is 1.98. The minimum Gasteiger partial charge on any atom is -0.391 e. The van der Waals surface area contributed by atoms with Crippen LogP contribution in [0.25, 0.3) is 0 Å². The Labute approximate surface area is 151 Å². The molecule has 2 rings (SSSR count). The van der Waals surface area contributed by atoms with Crippen molar-refractivity contribution < 1.29 is 18.0 Å². The maximum absolute atomic E-state index is 13.1. The number of rotatable bonds is 4. The fraction of sp³-hybridized carbons (Fsp3) is 0.188. The van der Waals surface area contributed by atoms with Crippen LogP contribution in [0.1, 0.15) is 23.6 Å². The van der Waals surface area contributed by atoms with Crippen molar-refractivity contribution in [2.24, 2.45) is 5.16 Å². The van der Waals surface area contributed by atoms with Crippen molar-refractivity contribution in [2.45, 2.75) is 19.7 Å². The van der Waals surface area contributed by atoms with E-state index in [1.54, 1.807) is 18.2 Å². The SMILES string of the molecule is C/C(=N\OCc1c(Cl)cccc1Cl)c1cc(Cl)ccc1C(F)(F)F. The minimum atomic E-state index is -4.53. The van der Waals surface area contributed by atoms with Gasteiger partial charge in [0.15, 0.2) is 0 Å². The van der Waals surface area contributed by atoms with Gasteiger partial charge in [0, 0.05) is 26.2 Å². The van der Waals surface area contributed by atoms with Gasteiger partial charge in [-0.2, -0.15) is 13.2 Å². The van der Waals surface area contributed by atoms with Crippen LogP contribution in [0, 0.1) is 0 Å². The molecule has 0 unspecified atom stereocenters. The molecule has 24 heavy (non-hydrogen) atoms. The molecule has 0 aliphatic heterocycles. The van der Waals surface area contributed by atoms with Gasteiger partial charge in [0.05, 0.1) is 11.3 Å². The number of halogens is 6. The molecule has 0 heterocycles. The number of alkyl halides is 3. The summed E-state index contributed by atoms with van der Waals surface area (Å²) in [4.78, 5) is 5.11. The van der Waals surface area contributed by atoms with E-state index in [-0.39, 0.29) is 22.9 Å². The van der Waals surface area contributed by atoms with E-state index in [4.69, 9.17) is 39.6 Å². The lowest BCUT2D eigenvalue weighted by Crippen LogP contribution is -2.12. The highest BCUT2D eigenvalue weighted by Gasteiger charge is 2.34. The van der Waals surface area contributed by atoms with Crippen molar-refractivity contribution in [1.29, 1.82) is 0 Å². The Bertz CT molecular complexity index is 755. The van der Waals surface area contributed by atoms with Crippen LogP contribution in [-0.4, -0.2) is 5.71 Å². The van der Waals surface area contributed by atoms with Crippen LogP contribution in [0.4, 0.5) is 13.2 Å². The molecule has 0 saturated heterocycles. The Balaban J connectivity index is 2.24. The lowest BCUT2D eigenvalue weighted by Gasteiger charge is -2.13. The Morgan fingerprint density at radius 3 is 2.29 bits per heavy atom. The molecule has 2 nitrogen and oxygen atoms in total. The van der Waals surface area contributed by atoms with Crippen LogP contribution >= 0.6 is 34.8 Å². The summed E-state index contributed by atoms with van der Waals surface area (Å²) in [6.45, 7) is 1.33. The molecular weight excluding hydrogens is 386 g/mol. The van der Waals surface area contributed by atoms with Crippen molar-refractivity contribution in [3.05, 3.63) is 68.2 Å². The highest BCUT2D eigenvalue weighted by molar-refractivity contribution is 6.36. The third kappa shape index (κ3) is 4.56. The summed E-state index contributed by atoms with van der Waals surface area (Å²) in [5.41, 5.74) is -0.458. The van der Waals surface area contributed by atoms with Crippen LogP contribution in [0.15, 0.2) is 41.6 Å². The third-order valence-electron chi connectivity index (χ3n) is 3.15. The second-order valence-corrected chi connectivity index (χ2v) is 6.09. The maximum Gasteiger partial charge on any atom is 0.417 e. The first-order valence-corrected chi connectivity index (χ1v) is 7.80. The lowest BCUT2D eigenvalue weighted by atomic mass is 10.0. The number of hydrogen-bond acceptors (Lipinski definition) is 2. The molecule has 0 amide bonds. The quantitative estimate of drug-likeness (QED) is 0.421. The lowest BCUT2D eigenvalue weighted by molar-refractivity contribution is -0.137. The molecule has 0 aromatic heterocycles. The fourth-order valence-corrected chi connectivity index (χ4v) is 2.65. The van der Waals surface area contributed by atoms with Crippen molar-refractivity contribution in [1.82, 2.24) is 0 Å². The molecule has 8 heteroatoms. The van der Waals surface area contributed by atoms with E-state index in [1.807, 2.05) is 0 Å². The summed E-state index contributed by atoms with van der Waals surface area (Å²) in [7, 11) is 0. The topological polar surface area (TPSA) is 21.6 Å². The Morgan fingerprint density at radius 1 is 1.08 bits per heavy atom. The first-order valence-electron chi connectivity index (χ1n) is 6.66. The zero-order chi connectivity index (χ0) is 17.9. The molecule has 2 aromatic carbocycles. The zero-order valence-corrected chi connectivity index (χ0v) is 14.6. The van der Waals surface area contributed by atoms with E-state index in [2.05, 4.69) is 5.16 Å². The van der Waals surface area contributed by atoms with Gasteiger partial charge < -0.3 is 4.84 Å². The zero-order valence-electron chi connectivity index (χ0n) is 12.3. The average molecular weight is 397 g/mol. The van der Waals surface area contributed by atoms with E-state index in [0.29, 0.717) is 15.6 Å². The van der Waals surface area contributed by atoms with Gasteiger partial charge in [0.25, 0.3) is 0 Å². The summed E-state index contributed by atoms with van der Waals surface area (Å²) in [5.74, 6) is 0. The molecule has 0 N–H and O–H groups in total. The smallest absolute Gasteiger partial charge is 0.391 e. The average Bonchev–Trinajstić information content (AvgIpc) is 2.48. The van der Waals surface area contributed by atoms with Gasteiger partial charge in [-0.3, -0.25) is 0 Å². The molecule has 0 fully saturated rings. The second kappa shape index (κ2) is 7.64. The summed E-state index contributed by atoms with van der Waals surface area (Å²) < 4.78 is 39.2. The second-order valence-electron chi connectivity index (χ2n) is 4.84. The summed E-state index contributed by atoms with van der Waals surface area (Å²) in [6.07, 6.45) is -4.53. The maximum atomic E-state index is 13.1. The van der Waals surface area contributed by atoms with E-state index in [0.717, 1.165) is 6.07 Å². The van der Waals surface area contributed by atoms with E-state index in [1.165, 1.54) is 19.1 Å². The summed E-state index contributed by atoms with van der Waals surface area (Å²) in [6, 6.07) is 8.19. The standard InChI is InChI=1S/C16H11Cl3F3NO/c1-9(11-7-10(17)5-6-13(11)16(20,21)22)23-24-8-12-14(18)3-2-4-15(12)19/h2-7H,8H2,1H3/b23-9+. The van der Waals surface area contributed by atoms with Crippen molar-refractivity contribution in [3.63, 3.8) is 0 Å². The van der Waals surface area contributed by atoms with E-state index < -0.39 is 11.7 Å². The monoisotopic (exact) mass is 395 g/mol. The van der Waals surface area contributed by atoms with Crippen LogP contribution in [0.2, 0.25) is 15.1 Å². The predicted molar refractivity (Wildman–Crippen MR) is 89.9 cm³/mol. The first kappa shape index (κ1) is 18.9. The molecule has 0 aliphatic carbocycles. The van der Waals surface area contributed by atoms with Gasteiger partial charge in [-0.25, -0.2) is 0 Å². The number of benzene rings is 2. The Hall–Kier alpha value is -1.43. The molecule has 0 radical (unpaired) electrons. The highest BCUT2D eigenvalue weighted by atomic mass is 35.5. The van der Waals surface area contributed by atoms with Gasteiger partial charge in [-0.1, -0.05) is 46.0 Å². The normalized spacial score (nSPS) is 12.4. The molecule has 0 aliphatic rings. The summed E-state index contributed by atoms with van der Waals surface area (Å²) in [5, 5.41) is 4.66. The predicted octanol–water partition coefficient (Wildman–Crippen LogP) is 6.61. The molecule has 0 atom stereocenters. The van der Waals surface area contributed by atoms with Crippen LogP contribution < -0.4 is 0 Å². The van der Waals surface area contributed by atoms with Gasteiger partial charge in [-0.15, -0.1) is 0 Å². The number of nitrogens with zero attached hydrogens (tertiary/aromatic N) is 1.